The van der Waals surface area contributed by atoms with Crippen molar-refractivity contribution in [1.29, 1.82) is 0 Å². The second-order valence-corrected chi connectivity index (χ2v) is 5.35. The van der Waals surface area contributed by atoms with E-state index in [0.29, 0.717) is 5.69 Å². The molecule has 23 heavy (non-hydrogen) atoms. The second kappa shape index (κ2) is 7.58. The van der Waals surface area contributed by atoms with Crippen molar-refractivity contribution in [2.45, 2.75) is 33.2 Å². The molecule has 1 atom stereocenters. The lowest BCUT2D eigenvalue weighted by molar-refractivity contribution is -0.125. The van der Waals surface area contributed by atoms with Crippen LogP contribution in [0.3, 0.4) is 0 Å². The highest BCUT2D eigenvalue weighted by Gasteiger charge is 2.17. The minimum atomic E-state index is -0.705. The van der Waals surface area contributed by atoms with Gasteiger partial charge in [0.1, 0.15) is 0 Å². The number of nitrogens with one attached hydrogen (secondary N) is 1. The molecule has 0 aliphatic carbocycles. The molecule has 6 nitrogen and oxygen atoms in total. The fourth-order valence-corrected chi connectivity index (χ4v) is 2.12. The molecule has 1 heterocycles. The van der Waals surface area contributed by atoms with Gasteiger partial charge in [-0.2, -0.15) is 0 Å². The molecule has 0 radical (unpaired) electrons. The van der Waals surface area contributed by atoms with Crippen molar-refractivity contribution in [2.24, 2.45) is 0 Å². The molecule has 1 N–H and O–H groups in total. The Morgan fingerprint density at radius 1 is 1.26 bits per heavy atom. The molecule has 1 aromatic carbocycles. The first-order chi connectivity index (χ1) is 11.0. The fourth-order valence-electron chi connectivity index (χ4n) is 2.12. The summed E-state index contributed by atoms with van der Waals surface area (Å²) >= 11 is 0. The average Bonchev–Trinajstić information content (AvgIpc) is 2.98. The van der Waals surface area contributed by atoms with Crippen molar-refractivity contribution >= 4 is 11.9 Å². The van der Waals surface area contributed by atoms with E-state index in [-0.39, 0.29) is 24.3 Å². The summed E-state index contributed by atoms with van der Waals surface area (Å²) < 4.78 is 9.70. The molecular weight excluding hydrogens is 296 g/mol. The van der Waals surface area contributed by atoms with E-state index in [1.807, 2.05) is 38.1 Å². The highest BCUT2D eigenvalue weighted by atomic mass is 16.6. The zero-order valence-electron chi connectivity index (χ0n) is 13.5. The molecule has 2 aromatic rings. The third kappa shape index (κ3) is 4.67. The summed E-state index contributed by atoms with van der Waals surface area (Å²) in [5.41, 5.74) is 2.75. The Hall–Kier alpha value is -2.63. The number of hydrogen-bond donors (Lipinski definition) is 1. The van der Waals surface area contributed by atoms with Gasteiger partial charge in [-0.15, -0.1) is 0 Å². The molecule has 0 saturated carbocycles. The van der Waals surface area contributed by atoms with Crippen LogP contribution in [0.1, 0.15) is 46.8 Å². The summed E-state index contributed by atoms with van der Waals surface area (Å²) in [4.78, 5) is 23.6. The molecule has 0 fully saturated rings. The number of aromatic nitrogens is 1. The highest BCUT2D eigenvalue weighted by molar-refractivity contribution is 5.88. The lowest BCUT2D eigenvalue weighted by Crippen LogP contribution is -2.32. The largest absolute Gasteiger partial charge is 0.450 e. The van der Waals surface area contributed by atoms with Crippen molar-refractivity contribution in [2.75, 3.05) is 6.61 Å². The first-order valence-electron chi connectivity index (χ1n) is 7.46. The first-order valence-corrected chi connectivity index (χ1v) is 7.46. The Labute approximate surface area is 134 Å². The lowest BCUT2D eigenvalue weighted by Gasteiger charge is -2.17. The minimum Gasteiger partial charge on any atom is -0.450 e. The Kier molecular flexibility index (Phi) is 5.51. The Balaban J connectivity index is 1.87. The van der Waals surface area contributed by atoms with Crippen LogP contribution in [-0.4, -0.2) is 23.6 Å². The number of carbonyl (C=O) groups excluding carboxylic acids is 2. The molecule has 0 aliphatic heterocycles. The number of carbonyl (C=O) groups is 2. The molecule has 1 aromatic heterocycles. The molecule has 0 spiro atoms. The van der Waals surface area contributed by atoms with Crippen LogP contribution < -0.4 is 5.32 Å². The fraction of sp³-hybridized carbons (Fsp3) is 0.353. The predicted molar refractivity (Wildman–Crippen MR) is 83.9 cm³/mol. The summed E-state index contributed by atoms with van der Waals surface area (Å²) in [6.45, 7) is 5.32. The van der Waals surface area contributed by atoms with E-state index in [0.717, 1.165) is 17.5 Å². The van der Waals surface area contributed by atoms with Crippen molar-refractivity contribution in [3.8, 4) is 0 Å². The van der Waals surface area contributed by atoms with Crippen LogP contribution >= 0.6 is 0 Å². The van der Waals surface area contributed by atoms with Gasteiger partial charge < -0.3 is 14.6 Å². The van der Waals surface area contributed by atoms with E-state index >= 15 is 0 Å². The third-order valence-electron chi connectivity index (χ3n) is 3.39. The number of nitrogens with zero attached hydrogens (tertiary/aromatic N) is 1. The van der Waals surface area contributed by atoms with Gasteiger partial charge >= 0.3 is 5.97 Å². The summed E-state index contributed by atoms with van der Waals surface area (Å²) in [6.07, 6.45) is 0.740. The maximum Gasteiger partial charge on any atom is 0.377 e. The third-order valence-corrected chi connectivity index (χ3v) is 3.39. The average molecular weight is 316 g/mol. The molecule has 122 valence electrons. The van der Waals surface area contributed by atoms with Gasteiger partial charge in [-0.05, 0) is 25.8 Å². The van der Waals surface area contributed by atoms with Crippen LogP contribution in [-0.2, 0) is 9.53 Å². The Bertz CT molecular complexity index is 676. The van der Waals surface area contributed by atoms with E-state index in [2.05, 4.69) is 10.5 Å². The molecule has 2 rings (SSSR count). The first kappa shape index (κ1) is 16.7. The second-order valence-electron chi connectivity index (χ2n) is 5.35. The van der Waals surface area contributed by atoms with Crippen LogP contribution in [0.15, 0.2) is 34.9 Å². The topological polar surface area (TPSA) is 81.4 Å². The molecule has 6 heteroatoms. The number of amides is 1. The van der Waals surface area contributed by atoms with Crippen LogP contribution in [0, 0.1) is 13.8 Å². The van der Waals surface area contributed by atoms with E-state index in [4.69, 9.17) is 9.26 Å². The summed E-state index contributed by atoms with van der Waals surface area (Å²) in [5, 5.41) is 6.45. The van der Waals surface area contributed by atoms with Crippen LogP contribution in [0.4, 0.5) is 0 Å². The van der Waals surface area contributed by atoms with Gasteiger partial charge in [0.05, 0.1) is 11.7 Å². The van der Waals surface area contributed by atoms with E-state index in [9.17, 15) is 9.59 Å². The van der Waals surface area contributed by atoms with Crippen molar-refractivity contribution in [1.82, 2.24) is 10.5 Å². The lowest BCUT2D eigenvalue weighted by atomic mass is 10.0. The number of hydrogen-bond acceptors (Lipinski definition) is 5. The molecule has 0 aliphatic rings. The standard InChI is InChI=1S/C17H20N2O4/c1-4-14(13-7-5-11(2)6-8-13)18-16(20)10-22-17(21)15-9-12(3)19-23-15/h5-9,14H,4,10H2,1-3H3,(H,18,20)/t14-/m1/s1. The zero-order valence-corrected chi connectivity index (χ0v) is 13.5. The molecule has 0 unspecified atom stereocenters. The quantitative estimate of drug-likeness (QED) is 0.829. The highest BCUT2D eigenvalue weighted by Crippen LogP contribution is 2.17. The Morgan fingerprint density at radius 3 is 2.52 bits per heavy atom. The number of ether oxygens (including phenoxy) is 1. The molecular formula is C17H20N2O4. The van der Waals surface area contributed by atoms with Crippen LogP contribution in [0.25, 0.3) is 0 Å². The maximum atomic E-state index is 12.0. The molecule has 0 bridgehead atoms. The molecule has 1 amide bonds. The van der Waals surface area contributed by atoms with Gasteiger partial charge in [-0.25, -0.2) is 4.79 Å². The number of esters is 1. The maximum absolute atomic E-state index is 12.0. The van der Waals surface area contributed by atoms with Crippen molar-refractivity contribution in [3.63, 3.8) is 0 Å². The van der Waals surface area contributed by atoms with Gasteiger partial charge in [0.15, 0.2) is 6.61 Å². The van der Waals surface area contributed by atoms with Gasteiger partial charge in [-0.1, -0.05) is 41.9 Å². The summed E-state index contributed by atoms with van der Waals surface area (Å²) in [7, 11) is 0. The monoisotopic (exact) mass is 316 g/mol. The predicted octanol–water partition coefficient (Wildman–Crippen LogP) is 2.72. The van der Waals surface area contributed by atoms with Crippen molar-refractivity contribution in [3.05, 3.63) is 52.9 Å². The minimum absolute atomic E-state index is 0.0131. The van der Waals surface area contributed by atoms with Gasteiger partial charge in [-0.3, -0.25) is 4.79 Å². The van der Waals surface area contributed by atoms with Gasteiger partial charge in [0, 0.05) is 6.07 Å². The summed E-state index contributed by atoms with van der Waals surface area (Å²) in [5.74, 6) is -1.08. The smallest absolute Gasteiger partial charge is 0.377 e. The Morgan fingerprint density at radius 2 is 1.96 bits per heavy atom. The van der Waals surface area contributed by atoms with E-state index in [1.54, 1.807) is 6.92 Å². The molecule has 0 saturated heterocycles. The van der Waals surface area contributed by atoms with Crippen LogP contribution in [0.5, 0.6) is 0 Å². The SMILES string of the molecule is CC[C@@H](NC(=O)COC(=O)c1cc(C)no1)c1ccc(C)cc1. The number of aryl methyl sites for hydroxylation is 2. The normalized spacial score (nSPS) is 11.8. The van der Waals surface area contributed by atoms with Crippen LogP contribution in [0.2, 0.25) is 0 Å². The number of rotatable bonds is 6. The zero-order chi connectivity index (χ0) is 16.8. The van der Waals surface area contributed by atoms with Crippen molar-refractivity contribution < 1.29 is 18.8 Å². The van der Waals surface area contributed by atoms with E-state index in [1.165, 1.54) is 6.07 Å². The number of benzene rings is 1. The van der Waals surface area contributed by atoms with Gasteiger partial charge in [0.25, 0.3) is 5.91 Å². The van der Waals surface area contributed by atoms with E-state index < -0.39 is 5.97 Å². The summed E-state index contributed by atoms with van der Waals surface area (Å²) in [6, 6.07) is 9.29. The van der Waals surface area contributed by atoms with Gasteiger partial charge in [0.2, 0.25) is 5.76 Å².